The molecule has 0 aromatic heterocycles. The Balaban J connectivity index is 1.98. The van der Waals surface area contributed by atoms with Gasteiger partial charge in [-0.25, -0.2) is 5.01 Å². The summed E-state index contributed by atoms with van der Waals surface area (Å²) >= 11 is 3.39. The van der Waals surface area contributed by atoms with Crippen LogP contribution in [0.25, 0.3) is 6.08 Å². The molecule has 1 heterocycles. The minimum Gasteiger partial charge on any atom is -0.493 e. The Morgan fingerprint density at radius 1 is 1.17 bits per heavy atom. The molecule has 0 bridgehead atoms. The zero-order valence-corrected chi connectivity index (χ0v) is 14.5. The van der Waals surface area contributed by atoms with Crippen LogP contribution in [-0.2, 0) is 9.59 Å². The molecule has 1 aliphatic rings. The van der Waals surface area contributed by atoms with E-state index < -0.39 is 11.8 Å². The highest BCUT2D eigenvalue weighted by Gasteiger charge is 2.34. The van der Waals surface area contributed by atoms with Gasteiger partial charge in [0.05, 0.1) is 12.3 Å². The molecule has 24 heavy (non-hydrogen) atoms. The molecule has 0 radical (unpaired) electrons. The van der Waals surface area contributed by atoms with Crippen molar-refractivity contribution >= 4 is 39.5 Å². The fraction of sp³-hybridized carbons (Fsp3) is 0.111. The van der Waals surface area contributed by atoms with Crippen molar-refractivity contribution in [1.82, 2.24) is 5.43 Å². The van der Waals surface area contributed by atoms with Crippen LogP contribution in [0.15, 0.2) is 58.6 Å². The number of hydrogen-bond donors (Lipinski definition) is 1. The molecule has 5 nitrogen and oxygen atoms in total. The quantitative estimate of drug-likeness (QED) is 0.647. The first kappa shape index (κ1) is 16.3. The van der Waals surface area contributed by atoms with E-state index in [1.807, 2.05) is 25.1 Å². The molecule has 3 rings (SSSR count). The van der Waals surface area contributed by atoms with Crippen LogP contribution in [0.2, 0.25) is 0 Å². The van der Waals surface area contributed by atoms with Gasteiger partial charge in [-0.05, 0) is 43.3 Å². The van der Waals surface area contributed by atoms with E-state index in [2.05, 4.69) is 21.4 Å². The first-order chi connectivity index (χ1) is 11.6. The Morgan fingerprint density at radius 2 is 1.92 bits per heavy atom. The van der Waals surface area contributed by atoms with Gasteiger partial charge in [-0.1, -0.05) is 34.1 Å². The maximum Gasteiger partial charge on any atom is 0.282 e. The fourth-order valence-electron chi connectivity index (χ4n) is 2.39. The minimum atomic E-state index is -0.439. The number of nitrogens with zero attached hydrogens (tertiary/aromatic N) is 1. The maximum absolute atomic E-state index is 12.6. The summed E-state index contributed by atoms with van der Waals surface area (Å²) in [5.41, 5.74) is 3.92. The topological polar surface area (TPSA) is 58.6 Å². The van der Waals surface area contributed by atoms with Gasteiger partial charge in [-0.2, -0.15) is 0 Å². The molecule has 6 heteroatoms. The molecule has 1 N–H and O–H groups in total. The van der Waals surface area contributed by atoms with Crippen LogP contribution in [-0.4, -0.2) is 18.4 Å². The number of ether oxygens (including phenoxy) is 1. The lowest BCUT2D eigenvalue weighted by Gasteiger charge is -2.14. The Labute approximate surface area is 148 Å². The molecule has 2 amide bonds. The largest absolute Gasteiger partial charge is 0.493 e. The monoisotopic (exact) mass is 386 g/mol. The molecule has 0 aliphatic carbocycles. The van der Waals surface area contributed by atoms with E-state index in [1.54, 1.807) is 36.4 Å². The number of para-hydroxylation sites is 1. The Kier molecular flexibility index (Phi) is 4.66. The number of halogens is 1. The van der Waals surface area contributed by atoms with Gasteiger partial charge in [0.15, 0.2) is 0 Å². The van der Waals surface area contributed by atoms with Gasteiger partial charge in [0, 0.05) is 10.0 Å². The van der Waals surface area contributed by atoms with E-state index in [0.717, 1.165) is 4.47 Å². The number of amides is 2. The van der Waals surface area contributed by atoms with Crippen LogP contribution >= 0.6 is 15.9 Å². The van der Waals surface area contributed by atoms with Gasteiger partial charge >= 0.3 is 0 Å². The van der Waals surface area contributed by atoms with Crippen molar-refractivity contribution in [1.29, 1.82) is 0 Å². The number of hydrogen-bond acceptors (Lipinski definition) is 3. The van der Waals surface area contributed by atoms with Crippen LogP contribution in [0.4, 0.5) is 5.69 Å². The van der Waals surface area contributed by atoms with Crippen molar-refractivity contribution in [2.24, 2.45) is 0 Å². The van der Waals surface area contributed by atoms with Gasteiger partial charge in [0.25, 0.3) is 11.8 Å². The molecule has 2 aromatic rings. The molecule has 1 aliphatic heterocycles. The highest BCUT2D eigenvalue weighted by Crippen LogP contribution is 2.28. The molecular formula is C18H15BrN2O3. The summed E-state index contributed by atoms with van der Waals surface area (Å²) in [5, 5.41) is 1.24. The summed E-state index contributed by atoms with van der Waals surface area (Å²) in [6.07, 6.45) is 1.55. The number of carbonyl (C=O) groups excluding carboxylic acids is 2. The normalized spacial score (nSPS) is 15.8. The van der Waals surface area contributed by atoms with Crippen molar-refractivity contribution in [3.05, 3.63) is 64.1 Å². The zero-order valence-electron chi connectivity index (χ0n) is 13.0. The second-order valence-corrected chi connectivity index (χ2v) is 6.01. The Bertz CT molecular complexity index is 818. The Morgan fingerprint density at radius 3 is 2.62 bits per heavy atom. The van der Waals surface area contributed by atoms with Crippen molar-refractivity contribution in [3.8, 4) is 5.75 Å². The predicted molar refractivity (Wildman–Crippen MR) is 95.4 cm³/mol. The first-order valence-corrected chi connectivity index (χ1v) is 8.24. The molecular weight excluding hydrogens is 372 g/mol. The second kappa shape index (κ2) is 6.88. The summed E-state index contributed by atoms with van der Waals surface area (Å²) in [4.78, 5) is 24.8. The predicted octanol–water partition coefficient (Wildman–Crippen LogP) is 3.31. The second-order valence-electron chi connectivity index (χ2n) is 5.09. The number of hydrazine groups is 1. The molecule has 0 saturated carbocycles. The molecule has 2 aromatic carbocycles. The van der Waals surface area contributed by atoms with E-state index in [0.29, 0.717) is 23.6 Å². The summed E-state index contributed by atoms with van der Waals surface area (Å²) in [7, 11) is 0. The molecule has 1 fully saturated rings. The van der Waals surface area contributed by atoms with Gasteiger partial charge in [0.1, 0.15) is 11.3 Å². The van der Waals surface area contributed by atoms with E-state index in [1.165, 1.54) is 5.01 Å². The molecule has 122 valence electrons. The maximum atomic E-state index is 12.6. The van der Waals surface area contributed by atoms with Crippen LogP contribution < -0.4 is 15.2 Å². The highest BCUT2D eigenvalue weighted by atomic mass is 79.9. The SMILES string of the molecule is CCOc1ccc(Br)cc1/C=C1\C(=O)NN(c2ccccc2)C1=O. The van der Waals surface area contributed by atoms with Crippen LogP contribution in [0, 0.1) is 0 Å². The summed E-state index contributed by atoms with van der Waals surface area (Å²) in [5.74, 6) is -0.216. The number of rotatable bonds is 4. The lowest BCUT2D eigenvalue weighted by Crippen LogP contribution is -2.35. The van der Waals surface area contributed by atoms with Crippen molar-refractivity contribution in [2.45, 2.75) is 6.92 Å². The molecule has 1 saturated heterocycles. The van der Waals surface area contributed by atoms with Crippen molar-refractivity contribution in [2.75, 3.05) is 11.6 Å². The molecule has 0 spiro atoms. The number of nitrogens with one attached hydrogen (secondary N) is 1. The lowest BCUT2D eigenvalue weighted by atomic mass is 10.1. The highest BCUT2D eigenvalue weighted by molar-refractivity contribution is 9.10. The van der Waals surface area contributed by atoms with Crippen molar-refractivity contribution < 1.29 is 14.3 Å². The van der Waals surface area contributed by atoms with Gasteiger partial charge in [-0.3, -0.25) is 15.0 Å². The third-order valence-corrected chi connectivity index (χ3v) is 3.97. The zero-order chi connectivity index (χ0) is 17.1. The lowest BCUT2D eigenvalue weighted by molar-refractivity contribution is -0.117. The average molecular weight is 387 g/mol. The van der Waals surface area contributed by atoms with Gasteiger partial charge in [0.2, 0.25) is 0 Å². The standard InChI is InChI=1S/C18H15BrN2O3/c1-2-24-16-9-8-13(19)10-12(16)11-15-17(22)20-21(18(15)23)14-6-4-3-5-7-14/h3-11H,2H2,1H3,(H,20,22)/b15-11+. The number of anilines is 1. The van der Waals surface area contributed by atoms with E-state index >= 15 is 0 Å². The average Bonchev–Trinajstić information content (AvgIpc) is 2.86. The van der Waals surface area contributed by atoms with E-state index in [4.69, 9.17) is 4.74 Å². The van der Waals surface area contributed by atoms with Gasteiger partial charge in [-0.15, -0.1) is 0 Å². The van der Waals surface area contributed by atoms with E-state index in [-0.39, 0.29) is 5.57 Å². The third kappa shape index (κ3) is 3.19. The Hall–Kier alpha value is -2.60. The van der Waals surface area contributed by atoms with Crippen LogP contribution in [0.1, 0.15) is 12.5 Å². The smallest absolute Gasteiger partial charge is 0.282 e. The van der Waals surface area contributed by atoms with Gasteiger partial charge < -0.3 is 4.74 Å². The summed E-state index contributed by atoms with van der Waals surface area (Å²) in [6, 6.07) is 14.4. The van der Waals surface area contributed by atoms with E-state index in [9.17, 15) is 9.59 Å². The number of benzene rings is 2. The van der Waals surface area contributed by atoms with Crippen LogP contribution in [0.3, 0.4) is 0 Å². The molecule has 0 atom stereocenters. The van der Waals surface area contributed by atoms with Crippen molar-refractivity contribution in [3.63, 3.8) is 0 Å². The summed E-state index contributed by atoms with van der Waals surface area (Å²) < 4.78 is 6.40. The molecule has 0 unspecified atom stereocenters. The summed E-state index contributed by atoms with van der Waals surface area (Å²) in [6.45, 7) is 2.37. The van der Waals surface area contributed by atoms with Crippen LogP contribution in [0.5, 0.6) is 5.75 Å². The number of carbonyl (C=O) groups is 2. The first-order valence-electron chi connectivity index (χ1n) is 7.44. The third-order valence-electron chi connectivity index (χ3n) is 3.48. The minimum absolute atomic E-state index is 0.0675. The fourth-order valence-corrected chi connectivity index (χ4v) is 2.77.